The Balaban J connectivity index is 1.65. The SMILES string of the molecule is O=C(NCc1ccccc1F)C1(C(=O)Nc2ccc(F)cc2F)CC1. The van der Waals surface area contributed by atoms with Gasteiger partial charge in [0.1, 0.15) is 22.9 Å². The highest BCUT2D eigenvalue weighted by atomic mass is 19.1. The van der Waals surface area contributed by atoms with E-state index < -0.39 is 34.7 Å². The molecule has 25 heavy (non-hydrogen) atoms. The first-order valence-electron chi connectivity index (χ1n) is 7.70. The Labute approximate surface area is 142 Å². The number of rotatable bonds is 5. The Bertz CT molecular complexity index is 835. The van der Waals surface area contributed by atoms with Gasteiger partial charge in [-0.3, -0.25) is 9.59 Å². The predicted molar refractivity (Wildman–Crippen MR) is 84.9 cm³/mol. The Morgan fingerprint density at radius 3 is 2.32 bits per heavy atom. The molecule has 0 bridgehead atoms. The number of carbonyl (C=O) groups excluding carboxylic acids is 2. The van der Waals surface area contributed by atoms with Gasteiger partial charge in [0.15, 0.2) is 0 Å². The van der Waals surface area contributed by atoms with Crippen molar-refractivity contribution in [3.63, 3.8) is 0 Å². The lowest BCUT2D eigenvalue weighted by atomic mass is 10.0. The van der Waals surface area contributed by atoms with Crippen molar-refractivity contribution < 1.29 is 22.8 Å². The van der Waals surface area contributed by atoms with Crippen LogP contribution in [0, 0.1) is 22.9 Å². The molecule has 2 amide bonds. The third-order valence-electron chi connectivity index (χ3n) is 4.20. The van der Waals surface area contributed by atoms with Gasteiger partial charge in [-0.15, -0.1) is 0 Å². The summed E-state index contributed by atoms with van der Waals surface area (Å²) in [5.41, 5.74) is -1.19. The lowest BCUT2D eigenvalue weighted by Gasteiger charge is -2.16. The van der Waals surface area contributed by atoms with Gasteiger partial charge in [-0.05, 0) is 31.0 Å². The van der Waals surface area contributed by atoms with Crippen LogP contribution in [0.15, 0.2) is 42.5 Å². The molecule has 2 N–H and O–H groups in total. The number of anilines is 1. The van der Waals surface area contributed by atoms with Gasteiger partial charge >= 0.3 is 0 Å². The molecular formula is C18H15F3N2O2. The van der Waals surface area contributed by atoms with Gasteiger partial charge in [-0.2, -0.15) is 0 Å². The molecule has 0 radical (unpaired) electrons. The Kier molecular flexibility index (Phi) is 4.48. The topological polar surface area (TPSA) is 58.2 Å². The molecular weight excluding hydrogens is 333 g/mol. The molecule has 3 rings (SSSR count). The first kappa shape index (κ1) is 17.0. The maximum atomic E-state index is 13.6. The molecule has 0 heterocycles. The summed E-state index contributed by atoms with van der Waals surface area (Å²) in [5, 5.41) is 4.85. The lowest BCUT2D eigenvalue weighted by Crippen LogP contribution is -2.39. The van der Waals surface area contributed by atoms with E-state index in [0.717, 1.165) is 12.1 Å². The molecule has 0 aliphatic heterocycles. The van der Waals surface area contributed by atoms with Crippen molar-refractivity contribution in [2.75, 3.05) is 5.32 Å². The van der Waals surface area contributed by atoms with E-state index in [1.54, 1.807) is 6.07 Å². The number of carbonyl (C=O) groups is 2. The summed E-state index contributed by atoms with van der Waals surface area (Å²) in [6, 6.07) is 8.73. The summed E-state index contributed by atoms with van der Waals surface area (Å²) in [6.07, 6.45) is 0.621. The smallest absolute Gasteiger partial charge is 0.240 e. The molecule has 0 atom stereocenters. The van der Waals surface area contributed by atoms with Gasteiger partial charge in [0, 0.05) is 18.2 Å². The van der Waals surface area contributed by atoms with Gasteiger partial charge in [0.05, 0.1) is 5.69 Å². The maximum absolute atomic E-state index is 13.6. The second-order valence-corrected chi connectivity index (χ2v) is 5.93. The standard InChI is InChI=1S/C18H15F3N2O2/c19-12-5-6-15(14(21)9-12)23-17(25)18(7-8-18)16(24)22-10-11-3-1-2-4-13(11)20/h1-6,9H,7-8,10H2,(H,22,24)(H,23,25). The van der Waals surface area contributed by atoms with E-state index in [4.69, 9.17) is 0 Å². The van der Waals surface area contributed by atoms with Crippen molar-refractivity contribution in [3.8, 4) is 0 Å². The molecule has 2 aromatic carbocycles. The largest absolute Gasteiger partial charge is 0.351 e. The van der Waals surface area contributed by atoms with Gasteiger partial charge in [0.2, 0.25) is 11.8 Å². The average molecular weight is 348 g/mol. The third kappa shape index (κ3) is 3.50. The number of amides is 2. The van der Waals surface area contributed by atoms with Crippen LogP contribution in [0.5, 0.6) is 0 Å². The molecule has 0 unspecified atom stereocenters. The molecule has 1 saturated carbocycles. The van der Waals surface area contributed by atoms with Crippen LogP contribution in [0.4, 0.5) is 18.9 Å². The van der Waals surface area contributed by atoms with E-state index in [9.17, 15) is 22.8 Å². The minimum atomic E-state index is -1.30. The third-order valence-corrected chi connectivity index (χ3v) is 4.20. The second kappa shape index (κ2) is 6.58. The molecule has 7 heteroatoms. The number of nitrogens with one attached hydrogen (secondary N) is 2. The molecule has 0 spiro atoms. The van der Waals surface area contributed by atoms with E-state index in [1.165, 1.54) is 18.2 Å². The summed E-state index contributed by atoms with van der Waals surface area (Å²) in [5.74, 6) is -3.35. The fraction of sp³-hybridized carbons (Fsp3) is 0.222. The van der Waals surface area contributed by atoms with Crippen LogP contribution < -0.4 is 10.6 Å². The molecule has 1 aliphatic carbocycles. The van der Waals surface area contributed by atoms with Crippen molar-refractivity contribution in [2.45, 2.75) is 19.4 Å². The Morgan fingerprint density at radius 1 is 0.960 bits per heavy atom. The van der Waals surface area contributed by atoms with Gasteiger partial charge in [0.25, 0.3) is 0 Å². The van der Waals surface area contributed by atoms with E-state index in [-0.39, 0.29) is 12.2 Å². The van der Waals surface area contributed by atoms with Crippen LogP contribution in [0.25, 0.3) is 0 Å². The highest BCUT2D eigenvalue weighted by Gasteiger charge is 2.56. The van der Waals surface area contributed by atoms with Gasteiger partial charge < -0.3 is 10.6 Å². The molecule has 0 aromatic heterocycles. The molecule has 4 nitrogen and oxygen atoms in total. The normalized spacial score (nSPS) is 14.7. The molecule has 1 fully saturated rings. The Hall–Kier alpha value is -2.83. The van der Waals surface area contributed by atoms with E-state index >= 15 is 0 Å². The van der Waals surface area contributed by atoms with Crippen LogP contribution in [0.1, 0.15) is 18.4 Å². The summed E-state index contributed by atoms with van der Waals surface area (Å²) >= 11 is 0. The zero-order valence-corrected chi connectivity index (χ0v) is 13.1. The summed E-state index contributed by atoms with van der Waals surface area (Å²) in [4.78, 5) is 24.7. The van der Waals surface area contributed by atoms with Crippen LogP contribution in [-0.4, -0.2) is 11.8 Å². The monoisotopic (exact) mass is 348 g/mol. The summed E-state index contributed by atoms with van der Waals surface area (Å²) < 4.78 is 40.1. The average Bonchev–Trinajstić information content (AvgIpc) is 3.38. The fourth-order valence-electron chi connectivity index (χ4n) is 2.50. The first-order valence-corrected chi connectivity index (χ1v) is 7.70. The zero-order chi connectivity index (χ0) is 18.0. The highest BCUT2D eigenvalue weighted by Crippen LogP contribution is 2.47. The Morgan fingerprint density at radius 2 is 1.68 bits per heavy atom. The minimum Gasteiger partial charge on any atom is -0.351 e. The number of hydrogen-bond donors (Lipinski definition) is 2. The molecule has 0 saturated heterocycles. The zero-order valence-electron chi connectivity index (χ0n) is 13.1. The van der Waals surface area contributed by atoms with Crippen molar-refractivity contribution in [1.29, 1.82) is 0 Å². The van der Waals surface area contributed by atoms with Gasteiger partial charge in [-0.25, -0.2) is 13.2 Å². The van der Waals surface area contributed by atoms with Crippen LogP contribution in [0.2, 0.25) is 0 Å². The van der Waals surface area contributed by atoms with Crippen molar-refractivity contribution in [3.05, 3.63) is 65.5 Å². The quantitative estimate of drug-likeness (QED) is 0.816. The van der Waals surface area contributed by atoms with Gasteiger partial charge in [-0.1, -0.05) is 18.2 Å². The van der Waals surface area contributed by atoms with Crippen LogP contribution >= 0.6 is 0 Å². The predicted octanol–water partition coefficient (Wildman–Crippen LogP) is 3.14. The molecule has 1 aliphatic rings. The van der Waals surface area contributed by atoms with Crippen molar-refractivity contribution >= 4 is 17.5 Å². The maximum Gasteiger partial charge on any atom is 0.240 e. The summed E-state index contributed by atoms with van der Waals surface area (Å²) in [6.45, 7) is -0.0502. The highest BCUT2D eigenvalue weighted by molar-refractivity contribution is 6.13. The number of benzene rings is 2. The summed E-state index contributed by atoms with van der Waals surface area (Å²) in [7, 11) is 0. The van der Waals surface area contributed by atoms with E-state index in [2.05, 4.69) is 10.6 Å². The van der Waals surface area contributed by atoms with Crippen LogP contribution in [-0.2, 0) is 16.1 Å². The van der Waals surface area contributed by atoms with Crippen LogP contribution in [0.3, 0.4) is 0 Å². The number of halogens is 3. The fourth-order valence-corrected chi connectivity index (χ4v) is 2.50. The van der Waals surface area contributed by atoms with Crippen molar-refractivity contribution in [2.24, 2.45) is 5.41 Å². The van der Waals surface area contributed by atoms with E-state index in [1.807, 2.05) is 0 Å². The minimum absolute atomic E-state index is 0.0502. The lowest BCUT2D eigenvalue weighted by molar-refractivity contribution is -0.134. The second-order valence-electron chi connectivity index (χ2n) is 5.93. The van der Waals surface area contributed by atoms with E-state index in [0.29, 0.717) is 24.5 Å². The first-order chi connectivity index (χ1) is 11.9. The molecule has 130 valence electrons. The molecule has 2 aromatic rings. The van der Waals surface area contributed by atoms with Crippen molar-refractivity contribution in [1.82, 2.24) is 5.32 Å². The number of hydrogen-bond acceptors (Lipinski definition) is 2.